The summed E-state index contributed by atoms with van der Waals surface area (Å²) in [5, 5.41) is 0. The summed E-state index contributed by atoms with van der Waals surface area (Å²) in [5.41, 5.74) is 15.1. The Balaban J connectivity index is 1.09. The lowest BCUT2D eigenvalue weighted by Gasteiger charge is -2.11. The van der Waals surface area contributed by atoms with E-state index in [1.165, 1.54) is 0 Å². The highest BCUT2D eigenvalue weighted by Crippen LogP contribution is 2.36. The molecule has 0 saturated heterocycles. The smallest absolute Gasteiger partial charge is 0.238 e. The van der Waals surface area contributed by atoms with E-state index >= 15 is 0 Å². The van der Waals surface area contributed by atoms with E-state index in [4.69, 9.17) is 19.9 Å². The quantitative estimate of drug-likeness (QED) is 0.178. The molecule has 262 valence electrons. The third-order valence-corrected chi connectivity index (χ3v) is 10.8. The molecule has 5 heterocycles. The molecule has 0 aliphatic heterocycles. The van der Waals surface area contributed by atoms with Gasteiger partial charge in [-0.2, -0.15) is 0 Å². The van der Waals surface area contributed by atoms with E-state index in [0.717, 1.165) is 95.0 Å². The van der Waals surface area contributed by atoms with Gasteiger partial charge in [0.2, 0.25) is 17.5 Å². The second-order valence-corrected chi connectivity index (χ2v) is 14.1. The largest absolute Gasteiger partial charge is 0.278 e. The first kappa shape index (κ1) is 30.6. The zero-order chi connectivity index (χ0) is 36.7. The molecule has 12 aromatic rings. The van der Waals surface area contributed by atoms with Crippen LogP contribution >= 0.6 is 0 Å². The third-order valence-electron chi connectivity index (χ3n) is 10.8. The SMILES string of the molecule is c1ccc(-c2cc(-c3ccccc3)nc(-n3c4ccc(-c5ccc6nc7n(-c8ccccc8)c8ccccc8n7c6c5)cc4n4c5ccccc5nc34)n2)cc1. The van der Waals surface area contributed by atoms with Crippen LogP contribution in [0.5, 0.6) is 0 Å². The van der Waals surface area contributed by atoms with E-state index in [9.17, 15) is 0 Å². The normalized spacial score (nSPS) is 11.9. The lowest BCUT2D eigenvalue weighted by atomic mass is 10.0. The Hall–Kier alpha value is -7.84. The molecule has 5 aromatic heterocycles. The average molecular weight is 719 g/mol. The van der Waals surface area contributed by atoms with Crippen LogP contribution in [0.15, 0.2) is 182 Å². The highest BCUT2D eigenvalue weighted by molar-refractivity contribution is 5.97. The number of imidazole rings is 4. The molecule has 8 heteroatoms. The first-order chi connectivity index (χ1) is 27.8. The molecule has 7 aromatic carbocycles. The van der Waals surface area contributed by atoms with Gasteiger partial charge in [-0.05, 0) is 77.9 Å². The number of benzene rings is 7. The molecule has 0 atom stereocenters. The maximum atomic E-state index is 5.22. The van der Waals surface area contributed by atoms with E-state index in [2.05, 4.69) is 151 Å². The van der Waals surface area contributed by atoms with Crippen molar-refractivity contribution in [3.05, 3.63) is 182 Å². The molecule has 0 unspecified atom stereocenters. The van der Waals surface area contributed by atoms with Crippen molar-refractivity contribution in [2.45, 2.75) is 0 Å². The van der Waals surface area contributed by atoms with Gasteiger partial charge in [0, 0.05) is 16.8 Å². The third kappa shape index (κ3) is 4.53. The maximum absolute atomic E-state index is 5.22. The number of rotatable bonds is 5. The van der Waals surface area contributed by atoms with E-state index in [-0.39, 0.29) is 0 Å². The molecule has 0 radical (unpaired) electrons. The van der Waals surface area contributed by atoms with Crippen LogP contribution < -0.4 is 0 Å². The van der Waals surface area contributed by atoms with Crippen LogP contribution in [0.1, 0.15) is 0 Å². The standard InChI is InChI=1S/C48H30N8/c1-4-14-31(15-5-1)38-30-39(32-16-6-2-7-17-32)50-46(49-38)56-43-27-25-34(29-45(43)54-40-21-11-10-20-36(40)51-48(54)56)33-24-26-37-44(28-33)55-42-23-13-12-22-41(42)53(47(55)52-37)35-18-8-3-9-19-35/h1-30H. The van der Waals surface area contributed by atoms with Crippen LogP contribution in [0.4, 0.5) is 0 Å². The minimum absolute atomic E-state index is 0.561. The second kappa shape index (κ2) is 11.8. The number of fused-ring (bicyclic) bond motifs is 10. The Morgan fingerprint density at radius 1 is 0.304 bits per heavy atom. The number of hydrogen-bond acceptors (Lipinski definition) is 4. The van der Waals surface area contributed by atoms with Gasteiger partial charge in [0.15, 0.2) is 0 Å². The zero-order valence-electron chi connectivity index (χ0n) is 29.9. The Kier molecular flexibility index (Phi) is 6.47. The molecule has 8 nitrogen and oxygen atoms in total. The summed E-state index contributed by atoms with van der Waals surface area (Å²) < 4.78 is 8.85. The lowest BCUT2D eigenvalue weighted by molar-refractivity contribution is 0.972. The predicted octanol–water partition coefficient (Wildman–Crippen LogP) is 11.0. The fourth-order valence-corrected chi connectivity index (χ4v) is 8.24. The molecule has 56 heavy (non-hydrogen) atoms. The topological polar surface area (TPSA) is 70.2 Å². The van der Waals surface area contributed by atoms with Gasteiger partial charge in [0.1, 0.15) is 0 Å². The van der Waals surface area contributed by atoms with Crippen molar-refractivity contribution in [2.75, 3.05) is 0 Å². The monoisotopic (exact) mass is 718 g/mol. The molecular formula is C48H30N8. The van der Waals surface area contributed by atoms with Crippen molar-refractivity contribution in [1.29, 1.82) is 0 Å². The van der Waals surface area contributed by atoms with Crippen LogP contribution in [-0.2, 0) is 0 Å². The Bertz CT molecular complexity index is 3410. The number of para-hydroxylation sites is 5. The highest BCUT2D eigenvalue weighted by Gasteiger charge is 2.22. The molecule has 0 amide bonds. The zero-order valence-corrected chi connectivity index (χ0v) is 29.9. The Morgan fingerprint density at radius 2 is 0.804 bits per heavy atom. The van der Waals surface area contributed by atoms with Crippen molar-refractivity contribution in [1.82, 2.24) is 37.9 Å². The van der Waals surface area contributed by atoms with Crippen molar-refractivity contribution in [3.8, 4) is 45.3 Å². The van der Waals surface area contributed by atoms with E-state index in [1.54, 1.807) is 0 Å². The minimum Gasteiger partial charge on any atom is -0.278 e. The summed E-state index contributed by atoms with van der Waals surface area (Å²) >= 11 is 0. The summed E-state index contributed by atoms with van der Waals surface area (Å²) in [6.07, 6.45) is 0. The van der Waals surface area contributed by atoms with Gasteiger partial charge in [0.25, 0.3) is 0 Å². The summed E-state index contributed by atoms with van der Waals surface area (Å²) in [7, 11) is 0. The van der Waals surface area contributed by atoms with Crippen LogP contribution in [0.2, 0.25) is 0 Å². The van der Waals surface area contributed by atoms with Crippen molar-refractivity contribution < 1.29 is 0 Å². The predicted molar refractivity (Wildman–Crippen MR) is 225 cm³/mol. The molecular weight excluding hydrogens is 689 g/mol. The molecule has 0 saturated carbocycles. The summed E-state index contributed by atoms with van der Waals surface area (Å²) in [6.45, 7) is 0. The highest BCUT2D eigenvalue weighted by atomic mass is 15.3. The molecule has 0 N–H and O–H groups in total. The molecule has 0 aliphatic rings. The first-order valence-corrected chi connectivity index (χ1v) is 18.7. The first-order valence-electron chi connectivity index (χ1n) is 18.7. The fraction of sp³-hybridized carbons (Fsp3) is 0. The maximum Gasteiger partial charge on any atom is 0.238 e. The van der Waals surface area contributed by atoms with Crippen molar-refractivity contribution in [3.63, 3.8) is 0 Å². The van der Waals surface area contributed by atoms with E-state index < -0.39 is 0 Å². The Labute approximate surface area is 319 Å². The van der Waals surface area contributed by atoms with Crippen LogP contribution in [-0.4, -0.2) is 37.9 Å². The fourth-order valence-electron chi connectivity index (χ4n) is 8.24. The number of aromatic nitrogens is 8. The van der Waals surface area contributed by atoms with Crippen LogP contribution in [0, 0.1) is 0 Å². The number of hydrogen-bond donors (Lipinski definition) is 0. The minimum atomic E-state index is 0.561. The van der Waals surface area contributed by atoms with Gasteiger partial charge in [-0.25, -0.2) is 24.5 Å². The molecule has 0 bridgehead atoms. The summed E-state index contributed by atoms with van der Waals surface area (Å²) in [5.74, 6) is 2.20. The molecule has 0 fully saturated rings. The lowest BCUT2D eigenvalue weighted by Crippen LogP contribution is -2.04. The van der Waals surface area contributed by atoms with Gasteiger partial charge in [-0.3, -0.25) is 13.4 Å². The second-order valence-electron chi connectivity index (χ2n) is 14.1. The summed E-state index contributed by atoms with van der Waals surface area (Å²) in [6, 6.07) is 63.0. The van der Waals surface area contributed by atoms with Crippen LogP contribution in [0.3, 0.4) is 0 Å². The molecule has 0 aliphatic carbocycles. The average Bonchev–Trinajstić information content (AvgIpc) is 4.00. The van der Waals surface area contributed by atoms with E-state index in [1.807, 2.05) is 48.5 Å². The van der Waals surface area contributed by atoms with Gasteiger partial charge in [0.05, 0.1) is 55.5 Å². The van der Waals surface area contributed by atoms with Crippen molar-refractivity contribution >= 4 is 55.7 Å². The van der Waals surface area contributed by atoms with Gasteiger partial charge < -0.3 is 0 Å². The number of nitrogens with zero attached hydrogens (tertiary/aromatic N) is 8. The Morgan fingerprint density at radius 3 is 1.50 bits per heavy atom. The molecule has 0 spiro atoms. The van der Waals surface area contributed by atoms with Crippen molar-refractivity contribution in [2.24, 2.45) is 0 Å². The van der Waals surface area contributed by atoms with Gasteiger partial charge in [-0.15, -0.1) is 0 Å². The van der Waals surface area contributed by atoms with Crippen LogP contribution in [0.25, 0.3) is 101 Å². The van der Waals surface area contributed by atoms with Gasteiger partial charge >= 0.3 is 0 Å². The van der Waals surface area contributed by atoms with E-state index in [0.29, 0.717) is 5.95 Å². The molecule has 12 rings (SSSR count). The summed E-state index contributed by atoms with van der Waals surface area (Å²) in [4.78, 5) is 20.8. The van der Waals surface area contributed by atoms with Gasteiger partial charge in [-0.1, -0.05) is 115 Å².